The number of hydrogen-bond donors (Lipinski definition) is 1. The Kier molecular flexibility index (Phi) is 4.58. The summed E-state index contributed by atoms with van der Waals surface area (Å²) in [6.07, 6.45) is 17.2. The van der Waals surface area contributed by atoms with Gasteiger partial charge in [0.1, 0.15) is 0 Å². The van der Waals surface area contributed by atoms with Crippen molar-refractivity contribution in [2.75, 3.05) is 0 Å². The predicted octanol–water partition coefficient (Wildman–Crippen LogP) is 3.83. The maximum absolute atomic E-state index is 9.41. The predicted molar refractivity (Wildman–Crippen MR) is 92.2 cm³/mol. The molecule has 3 fully saturated rings. The van der Waals surface area contributed by atoms with Gasteiger partial charge in [0.2, 0.25) is 0 Å². The summed E-state index contributed by atoms with van der Waals surface area (Å²) in [7, 11) is 0. The van der Waals surface area contributed by atoms with Crippen LogP contribution in [0.2, 0.25) is 0 Å². The maximum atomic E-state index is 9.41. The second-order valence-electron chi connectivity index (χ2n) is 8.11. The highest BCUT2D eigenvalue weighted by molar-refractivity contribution is 5.17. The Bertz CT molecular complexity index is 585. The molecule has 5 nitrogen and oxygen atoms in total. The monoisotopic (exact) mass is 327 g/mol. The summed E-state index contributed by atoms with van der Waals surface area (Å²) in [5.41, 5.74) is 0.668. The molecule has 3 aliphatic rings. The van der Waals surface area contributed by atoms with E-state index in [0.717, 1.165) is 18.5 Å². The van der Waals surface area contributed by atoms with Crippen molar-refractivity contribution in [2.24, 2.45) is 5.92 Å². The van der Waals surface area contributed by atoms with Gasteiger partial charge in [-0.05, 0) is 44.4 Å². The van der Waals surface area contributed by atoms with Gasteiger partial charge in [0.15, 0.2) is 5.54 Å². The minimum atomic E-state index is -0.396. The van der Waals surface area contributed by atoms with E-state index in [9.17, 15) is 5.26 Å². The number of nitrogens with one attached hydrogen (secondary N) is 1. The molecule has 3 aliphatic carbocycles. The summed E-state index contributed by atoms with van der Waals surface area (Å²) >= 11 is 0. The van der Waals surface area contributed by atoms with E-state index in [1.54, 1.807) is 0 Å². The topological polar surface area (TPSA) is 66.5 Å². The lowest BCUT2D eigenvalue weighted by Crippen LogP contribution is -2.38. The number of nitrogens with zero attached hydrogens (tertiary/aromatic N) is 4. The molecule has 0 radical (unpaired) electrons. The fourth-order valence-corrected chi connectivity index (χ4v) is 4.59. The van der Waals surface area contributed by atoms with Crippen LogP contribution < -0.4 is 5.32 Å². The molecule has 1 aromatic rings. The molecule has 0 spiro atoms. The molecule has 5 heteroatoms. The molecule has 1 heterocycles. The van der Waals surface area contributed by atoms with Crippen LogP contribution >= 0.6 is 0 Å². The van der Waals surface area contributed by atoms with E-state index in [4.69, 9.17) is 0 Å². The zero-order valence-electron chi connectivity index (χ0n) is 14.6. The summed E-state index contributed by atoms with van der Waals surface area (Å²) in [5.74, 6) is 0.670. The first kappa shape index (κ1) is 16.1. The van der Waals surface area contributed by atoms with Crippen molar-refractivity contribution in [1.29, 1.82) is 5.26 Å². The molecule has 0 aromatic carbocycles. The van der Waals surface area contributed by atoms with Crippen LogP contribution in [0.15, 0.2) is 6.20 Å². The van der Waals surface area contributed by atoms with Gasteiger partial charge in [0.25, 0.3) is 0 Å². The third-order valence-corrected chi connectivity index (χ3v) is 6.34. The van der Waals surface area contributed by atoms with Crippen molar-refractivity contribution in [2.45, 2.75) is 94.7 Å². The molecule has 0 bridgehead atoms. The van der Waals surface area contributed by atoms with Crippen molar-refractivity contribution in [1.82, 2.24) is 20.3 Å². The van der Waals surface area contributed by atoms with Crippen molar-refractivity contribution in [3.63, 3.8) is 0 Å². The second-order valence-corrected chi connectivity index (χ2v) is 8.11. The van der Waals surface area contributed by atoms with Crippen molar-refractivity contribution in [3.05, 3.63) is 11.9 Å². The Balaban J connectivity index is 1.53. The summed E-state index contributed by atoms with van der Waals surface area (Å²) in [5, 5.41) is 22.2. The van der Waals surface area contributed by atoms with E-state index in [1.165, 1.54) is 64.2 Å². The van der Waals surface area contributed by atoms with Gasteiger partial charge in [-0.25, -0.2) is 4.68 Å². The van der Waals surface area contributed by atoms with Crippen molar-refractivity contribution >= 4 is 0 Å². The molecule has 4 rings (SSSR count). The zero-order valence-corrected chi connectivity index (χ0v) is 14.6. The van der Waals surface area contributed by atoms with Crippen LogP contribution in [0.5, 0.6) is 0 Å². The van der Waals surface area contributed by atoms with Crippen LogP contribution in [0.1, 0.15) is 88.8 Å². The molecule has 0 saturated heterocycles. The lowest BCUT2D eigenvalue weighted by atomic mass is 9.82. The summed E-state index contributed by atoms with van der Waals surface area (Å²) in [4.78, 5) is 0. The van der Waals surface area contributed by atoms with Gasteiger partial charge in [-0.15, -0.1) is 5.10 Å². The fourth-order valence-electron chi connectivity index (χ4n) is 4.59. The molecule has 0 aliphatic heterocycles. The van der Waals surface area contributed by atoms with Gasteiger partial charge >= 0.3 is 0 Å². The first-order valence-electron chi connectivity index (χ1n) is 9.91. The number of aromatic nitrogens is 3. The van der Waals surface area contributed by atoms with Gasteiger partial charge in [-0.1, -0.05) is 43.7 Å². The van der Waals surface area contributed by atoms with Crippen LogP contribution in [0.25, 0.3) is 0 Å². The van der Waals surface area contributed by atoms with Crippen molar-refractivity contribution in [3.8, 4) is 6.07 Å². The molecule has 0 amide bonds. The van der Waals surface area contributed by atoms with Crippen LogP contribution in [0.3, 0.4) is 0 Å². The molecule has 1 aromatic heterocycles. The highest BCUT2D eigenvalue weighted by Crippen LogP contribution is 2.43. The summed E-state index contributed by atoms with van der Waals surface area (Å²) in [6, 6.07) is 3.36. The van der Waals surface area contributed by atoms with Crippen molar-refractivity contribution < 1.29 is 0 Å². The average Bonchev–Trinajstić information content (AvgIpc) is 3.30. The van der Waals surface area contributed by atoms with Crippen LogP contribution in [-0.2, 0) is 5.54 Å². The highest BCUT2D eigenvalue weighted by atomic mass is 15.5. The summed E-state index contributed by atoms with van der Waals surface area (Å²) < 4.78 is 1.83. The first-order chi connectivity index (χ1) is 11.8. The Morgan fingerprint density at radius 3 is 2.38 bits per heavy atom. The van der Waals surface area contributed by atoms with Gasteiger partial charge in [0.05, 0.1) is 24.0 Å². The molecule has 0 unspecified atom stereocenters. The maximum Gasteiger partial charge on any atom is 0.150 e. The number of hydrogen-bond acceptors (Lipinski definition) is 4. The van der Waals surface area contributed by atoms with E-state index >= 15 is 0 Å². The zero-order chi connectivity index (χ0) is 16.4. The van der Waals surface area contributed by atoms with E-state index in [1.807, 2.05) is 4.68 Å². The fraction of sp³-hybridized carbons (Fsp3) is 0.842. The molecule has 1 atom stereocenters. The quantitative estimate of drug-likeness (QED) is 0.892. The third kappa shape index (κ3) is 3.21. The molecular formula is C19H29N5. The smallest absolute Gasteiger partial charge is 0.150 e. The molecular weight excluding hydrogens is 298 g/mol. The number of rotatable bonds is 5. The highest BCUT2D eigenvalue weighted by Gasteiger charge is 2.47. The second kappa shape index (κ2) is 6.84. The van der Waals surface area contributed by atoms with Gasteiger partial charge in [-0.2, -0.15) is 5.26 Å². The van der Waals surface area contributed by atoms with Crippen LogP contribution in [0, 0.1) is 17.2 Å². The van der Waals surface area contributed by atoms with E-state index < -0.39 is 5.54 Å². The Morgan fingerprint density at radius 2 is 1.75 bits per heavy atom. The van der Waals surface area contributed by atoms with E-state index in [2.05, 4.69) is 27.9 Å². The minimum Gasteiger partial charge on any atom is -0.305 e. The van der Waals surface area contributed by atoms with Gasteiger partial charge in [0, 0.05) is 6.04 Å². The van der Waals surface area contributed by atoms with Gasteiger partial charge < -0.3 is 5.32 Å². The third-order valence-electron chi connectivity index (χ3n) is 6.34. The molecule has 1 N–H and O–H groups in total. The normalized spacial score (nSPS) is 26.0. The Morgan fingerprint density at radius 1 is 1.08 bits per heavy atom. The number of nitriles is 1. The molecule has 130 valence electrons. The van der Waals surface area contributed by atoms with Crippen LogP contribution in [-0.4, -0.2) is 21.0 Å². The standard InChI is InChI=1S/C19H29N5/c20-14-19(11-12-19)24-13-17(22-23-24)18(15-7-3-1-4-8-15)21-16-9-5-2-6-10-16/h13,15-16,18,21H,1-12H2/t18-/m0/s1. The lowest BCUT2D eigenvalue weighted by Gasteiger charge is -2.34. The molecule has 24 heavy (non-hydrogen) atoms. The SMILES string of the molecule is N#CC1(n2cc([C@@H](NC3CCCCC3)C3CCCCC3)nn2)CC1. The van der Waals surface area contributed by atoms with E-state index in [0.29, 0.717) is 18.0 Å². The van der Waals surface area contributed by atoms with Gasteiger partial charge in [-0.3, -0.25) is 0 Å². The summed E-state index contributed by atoms with van der Waals surface area (Å²) in [6.45, 7) is 0. The van der Waals surface area contributed by atoms with Crippen LogP contribution in [0.4, 0.5) is 0 Å². The largest absolute Gasteiger partial charge is 0.305 e. The lowest BCUT2D eigenvalue weighted by molar-refractivity contribution is 0.230. The minimum absolute atomic E-state index is 0.316. The van der Waals surface area contributed by atoms with E-state index in [-0.39, 0.29) is 0 Å². The Labute approximate surface area is 144 Å². The first-order valence-corrected chi connectivity index (χ1v) is 9.91. The average molecular weight is 327 g/mol. The Hall–Kier alpha value is -1.41. The molecule has 3 saturated carbocycles.